The van der Waals surface area contributed by atoms with Crippen molar-refractivity contribution in [2.75, 3.05) is 32.8 Å². The molecule has 6 nitrogen and oxygen atoms in total. The van der Waals surface area contributed by atoms with Gasteiger partial charge in [-0.1, -0.05) is 29.8 Å². The third-order valence-electron chi connectivity index (χ3n) is 5.38. The van der Waals surface area contributed by atoms with E-state index < -0.39 is 0 Å². The molecule has 7 heteroatoms. The minimum absolute atomic E-state index is 0.0412. The fraction of sp³-hybridized carbons (Fsp3) is 0.304. The first-order valence-corrected chi connectivity index (χ1v) is 10.3. The second-order valence-corrected chi connectivity index (χ2v) is 7.64. The quantitative estimate of drug-likeness (QED) is 0.558. The molecule has 0 bridgehead atoms. The van der Waals surface area contributed by atoms with Gasteiger partial charge >= 0.3 is 0 Å². The lowest BCUT2D eigenvalue weighted by Gasteiger charge is -2.33. The summed E-state index contributed by atoms with van der Waals surface area (Å²) in [6.45, 7) is 4.25. The van der Waals surface area contributed by atoms with Gasteiger partial charge in [0.2, 0.25) is 11.8 Å². The van der Waals surface area contributed by atoms with Crippen molar-refractivity contribution in [1.29, 1.82) is 0 Å². The van der Waals surface area contributed by atoms with Crippen molar-refractivity contribution in [1.82, 2.24) is 9.80 Å². The van der Waals surface area contributed by atoms with E-state index in [1.165, 1.54) is 0 Å². The van der Waals surface area contributed by atoms with E-state index in [2.05, 4.69) is 6.07 Å². The Morgan fingerprint density at radius 2 is 1.90 bits per heavy atom. The first kappa shape index (κ1) is 20.4. The molecule has 0 unspecified atom stereocenters. The van der Waals surface area contributed by atoms with Crippen LogP contribution in [0.3, 0.4) is 0 Å². The lowest BCUT2D eigenvalue weighted by atomic mass is 9.96. The van der Waals surface area contributed by atoms with Gasteiger partial charge in [-0.15, -0.1) is 0 Å². The Morgan fingerprint density at radius 3 is 2.67 bits per heavy atom. The second kappa shape index (κ2) is 8.90. The van der Waals surface area contributed by atoms with Crippen LogP contribution in [0.5, 0.6) is 5.75 Å². The minimum atomic E-state index is -0.0795. The molecule has 1 fully saturated rings. The van der Waals surface area contributed by atoms with Crippen molar-refractivity contribution in [3.8, 4) is 16.9 Å². The molecule has 0 aromatic heterocycles. The zero-order valence-electron chi connectivity index (χ0n) is 16.7. The summed E-state index contributed by atoms with van der Waals surface area (Å²) >= 11 is 6.48. The van der Waals surface area contributed by atoms with Crippen LogP contribution < -0.4 is 4.89 Å². The van der Waals surface area contributed by atoms with E-state index in [0.717, 1.165) is 28.7 Å². The van der Waals surface area contributed by atoms with Crippen LogP contribution in [0.1, 0.15) is 18.1 Å². The largest absolute Gasteiger partial charge is 0.339 e. The van der Waals surface area contributed by atoms with Gasteiger partial charge < -0.3 is 14.7 Å². The third kappa shape index (κ3) is 4.35. The second-order valence-electron chi connectivity index (χ2n) is 7.26. The molecule has 2 amide bonds. The van der Waals surface area contributed by atoms with Gasteiger partial charge in [0.05, 0.1) is 11.6 Å². The maximum Gasteiger partial charge on any atom is 0.246 e. The van der Waals surface area contributed by atoms with Gasteiger partial charge in [0.1, 0.15) is 0 Å². The molecule has 2 aliphatic rings. The minimum Gasteiger partial charge on any atom is -0.339 e. The van der Waals surface area contributed by atoms with Gasteiger partial charge in [0.25, 0.3) is 0 Å². The SMILES string of the molecule is CC(=O)N1CCN(C(=O)/C=C/c2cc[c]c(Cl)c2-c2ccc3c(c2)CCOO3)CC1. The highest BCUT2D eigenvalue weighted by molar-refractivity contribution is 6.33. The van der Waals surface area contributed by atoms with Gasteiger partial charge in [0, 0.05) is 62.8 Å². The van der Waals surface area contributed by atoms with E-state index in [-0.39, 0.29) is 11.8 Å². The molecule has 4 rings (SSSR count). The number of hydrogen-bond donors (Lipinski definition) is 0. The number of carbonyl (C=O) groups is 2. The number of piperazine rings is 1. The molecule has 30 heavy (non-hydrogen) atoms. The van der Waals surface area contributed by atoms with Crippen molar-refractivity contribution >= 4 is 29.5 Å². The molecular weight excluding hydrogens is 404 g/mol. The summed E-state index contributed by atoms with van der Waals surface area (Å²) in [4.78, 5) is 37.8. The van der Waals surface area contributed by atoms with Crippen LogP contribution in [0.15, 0.2) is 36.4 Å². The Kier molecular flexibility index (Phi) is 6.06. The maximum absolute atomic E-state index is 12.6. The molecular formula is C23H22ClN2O4. The Hall–Kier alpha value is -2.83. The first-order valence-electron chi connectivity index (χ1n) is 9.88. The molecule has 2 aromatic carbocycles. The summed E-state index contributed by atoms with van der Waals surface area (Å²) in [6, 6.07) is 12.5. The molecule has 0 N–H and O–H groups in total. The van der Waals surface area contributed by atoms with Gasteiger partial charge in [-0.3, -0.25) is 9.59 Å². The molecule has 1 radical (unpaired) electrons. The number of fused-ring (bicyclic) bond motifs is 1. The molecule has 2 heterocycles. The lowest BCUT2D eigenvalue weighted by Crippen LogP contribution is -2.49. The molecule has 0 aliphatic carbocycles. The van der Waals surface area contributed by atoms with Gasteiger partial charge in [-0.2, -0.15) is 4.89 Å². The highest BCUT2D eigenvalue weighted by atomic mass is 35.5. The summed E-state index contributed by atoms with van der Waals surface area (Å²) in [7, 11) is 0. The molecule has 0 atom stereocenters. The topological polar surface area (TPSA) is 59.1 Å². The lowest BCUT2D eigenvalue weighted by molar-refractivity contribution is -0.215. The van der Waals surface area contributed by atoms with Crippen LogP contribution in [-0.4, -0.2) is 54.4 Å². The zero-order valence-corrected chi connectivity index (χ0v) is 17.4. The number of carbonyl (C=O) groups excluding carboxylic acids is 2. The van der Waals surface area contributed by atoms with E-state index in [1.54, 1.807) is 34.9 Å². The average Bonchev–Trinajstić information content (AvgIpc) is 2.77. The number of amides is 2. The zero-order chi connectivity index (χ0) is 21.1. The molecule has 0 spiro atoms. The van der Waals surface area contributed by atoms with Gasteiger partial charge in [0.15, 0.2) is 5.75 Å². The predicted molar refractivity (Wildman–Crippen MR) is 114 cm³/mol. The molecule has 0 saturated carbocycles. The molecule has 1 saturated heterocycles. The Bertz CT molecular complexity index is 997. The normalized spacial score (nSPS) is 16.3. The predicted octanol–water partition coefficient (Wildman–Crippen LogP) is 3.38. The van der Waals surface area contributed by atoms with Gasteiger partial charge in [-0.25, -0.2) is 0 Å². The standard InChI is InChI=1S/C23H22ClN2O4/c1-16(27)25-10-12-26(13-11-25)22(28)8-6-17-3-2-4-20(24)23(17)19-5-7-21-18(15-19)9-14-29-30-21/h2-3,5-8,15H,9-14H2,1H3/b8-6+. The molecule has 2 aromatic rings. The summed E-state index contributed by atoms with van der Waals surface area (Å²) in [5.41, 5.74) is 3.64. The fourth-order valence-corrected chi connectivity index (χ4v) is 3.98. The van der Waals surface area contributed by atoms with Crippen LogP contribution in [-0.2, 0) is 20.9 Å². The molecule has 155 valence electrons. The maximum atomic E-state index is 12.6. The number of rotatable bonds is 3. The number of halogens is 1. The van der Waals surface area contributed by atoms with E-state index in [0.29, 0.717) is 43.6 Å². The smallest absolute Gasteiger partial charge is 0.246 e. The third-order valence-corrected chi connectivity index (χ3v) is 5.67. The summed E-state index contributed by atoms with van der Waals surface area (Å²) in [5.74, 6) is 0.668. The van der Waals surface area contributed by atoms with Crippen molar-refractivity contribution in [2.45, 2.75) is 13.3 Å². The van der Waals surface area contributed by atoms with Crippen molar-refractivity contribution in [3.05, 3.63) is 58.6 Å². The van der Waals surface area contributed by atoms with Crippen LogP contribution in [0.4, 0.5) is 0 Å². The van der Waals surface area contributed by atoms with Crippen LogP contribution >= 0.6 is 11.6 Å². The highest BCUT2D eigenvalue weighted by Gasteiger charge is 2.21. The van der Waals surface area contributed by atoms with Crippen LogP contribution in [0.2, 0.25) is 5.02 Å². The van der Waals surface area contributed by atoms with Gasteiger partial charge in [-0.05, 0) is 29.3 Å². The van der Waals surface area contributed by atoms with Crippen molar-refractivity contribution in [2.24, 2.45) is 0 Å². The Labute approximate surface area is 180 Å². The Balaban J connectivity index is 1.55. The Morgan fingerprint density at radius 1 is 1.13 bits per heavy atom. The van der Waals surface area contributed by atoms with Crippen LogP contribution in [0, 0.1) is 6.07 Å². The van der Waals surface area contributed by atoms with E-state index in [1.807, 2.05) is 24.3 Å². The average molecular weight is 426 g/mol. The van der Waals surface area contributed by atoms with E-state index >= 15 is 0 Å². The van der Waals surface area contributed by atoms with E-state index in [4.69, 9.17) is 21.4 Å². The summed E-state index contributed by atoms with van der Waals surface area (Å²) in [5, 5.41) is 0.493. The first-order chi connectivity index (χ1) is 14.5. The highest BCUT2D eigenvalue weighted by Crippen LogP contribution is 2.35. The fourth-order valence-electron chi connectivity index (χ4n) is 3.70. The number of hydrogen-bond acceptors (Lipinski definition) is 4. The van der Waals surface area contributed by atoms with E-state index in [9.17, 15) is 9.59 Å². The van der Waals surface area contributed by atoms with Crippen molar-refractivity contribution < 1.29 is 19.4 Å². The number of nitrogens with zero attached hydrogens (tertiary/aromatic N) is 2. The van der Waals surface area contributed by atoms with Crippen LogP contribution in [0.25, 0.3) is 17.2 Å². The summed E-state index contributed by atoms with van der Waals surface area (Å²) in [6.07, 6.45) is 4.11. The molecule has 2 aliphatic heterocycles. The summed E-state index contributed by atoms with van der Waals surface area (Å²) < 4.78 is 0. The number of benzene rings is 2. The monoisotopic (exact) mass is 425 g/mol. The van der Waals surface area contributed by atoms with Crippen molar-refractivity contribution in [3.63, 3.8) is 0 Å².